The highest BCUT2D eigenvalue weighted by atomic mass is 16.5. The van der Waals surface area contributed by atoms with Gasteiger partial charge < -0.3 is 20.1 Å². The molecule has 110 valence electrons. The van der Waals surface area contributed by atoms with E-state index < -0.39 is 12.1 Å². The molecular weight excluding hydrogens is 264 g/mol. The predicted molar refractivity (Wildman–Crippen MR) is 69.9 cm³/mol. The van der Waals surface area contributed by atoms with Crippen LogP contribution in [0.15, 0.2) is 18.2 Å². The smallest absolute Gasteiger partial charge is 0.337 e. The molecule has 1 aromatic carbocycles. The van der Waals surface area contributed by atoms with Crippen LogP contribution in [0.4, 0.5) is 0 Å². The van der Waals surface area contributed by atoms with Crippen LogP contribution in [0.2, 0.25) is 0 Å². The molecule has 0 aliphatic carbocycles. The summed E-state index contributed by atoms with van der Waals surface area (Å²) < 4.78 is 4.80. The standard InChI is InChI=1S/C14H18O6/c1-2-20-12(16)6-5-10-4-3-9(8-15)7-11(10)13(17)14(18)19/h3-4,7,13,15,17H,2,5-6,8H2,1H3,(H,18,19). The summed E-state index contributed by atoms with van der Waals surface area (Å²) in [6, 6.07) is 4.66. The maximum Gasteiger partial charge on any atom is 0.337 e. The Balaban J connectivity index is 2.93. The fraction of sp³-hybridized carbons (Fsp3) is 0.429. The first-order valence-corrected chi connectivity index (χ1v) is 6.28. The second-order valence-electron chi connectivity index (χ2n) is 4.24. The molecule has 0 bridgehead atoms. The fourth-order valence-electron chi connectivity index (χ4n) is 1.83. The van der Waals surface area contributed by atoms with Crippen LogP contribution in [0, 0.1) is 0 Å². The average molecular weight is 282 g/mol. The minimum Gasteiger partial charge on any atom is -0.479 e. The molecule has 0 heterocycles. The highest BCUT2D eigenvalue weighted by molar-refractivity contribution is 5.75. The number of aliphatic carboxylic acids is 1. The van der Waals surface area contributed by atoms with Gasteiger partial charge in [-0.05, 0) is 30.0 Å². The lowest BCUT2D eigenvalue weighted by Gasteiger charge is -2.13. The van der Waals surface area contributed by atoms with Gasteiger partial charge in [0.05, 0.1) is 13.2 Å². The molecule has 1 atom stereocenters. The van der Waals surface area contributed by atoms with Crippen molar-refractivity contribution in [1.29, 1.82) is 0 Å². The van der Waals surface area contributed by atoms with Gasteiger partial charge in [-0.3, -0.25) is 4.79 Å². The van der Waals surface area contributed by atoms with Crippen molar-refractivity contribution in [2.24, 2.45) is 0 Å². The Morgan fingerprint density at radius 2 is 2.05 bits per heavy atom. The normalized spacial score (nSPS) is 11.9. The summed E-state index contributed by atoms with van der Waals surface area (Å²) in [7, 11) is 0. The first-order chi connectivity index (χ1) is 9.49. The van der Waals surface area contributed by atoms with Crippen LogP contribution < -0.4 is 0 Å². The third-order valence-corrected chi connectivity index (χ3v) is 2.83. The number of aliphatic hydroxyl groups excluding tert-OH is 2. The van der Waals surface area contributed by atoms with Gasteiger partial charge in [-0.15, -0.1) is 0 Å². The van der Waals surface area contributed by atoms with E-state index in [1.165, 1.54) is 6.07 Å². The summed E-state index contributed by atoms with van der Waals surface area (Å²) in [4.78, 5) is 22.2. The second-order valence-corrected chi connectivity index (χ2v) is 4.24. The third kappa shape index (κ3) is 4.32. The molecule has 0 aliphatic heterocycles. The van der Waals surface area contributed by atoms with Crippen molar-refractivity contribution >= 4 is 11.9 Å². The topological polar surface area (TPSA) is 104 Å². The zero-order chi connectivity index (χ0) is 15.1. The number of rotatable bonds is 7. The molecule has 6 heteroatoms. The van der Waals surface area contributed by atoms with E-state index in [2.05, 4.69) is 0 Å². The molecular formula is C14H18O6. The van der Waals surface area contributed by atoms with Gasteiger partial charge >= 0.3 is 11.9 Å². The van der Waals surface area contributed by atoms with E-state index in [1.54, 1.807) is 19.1 Å². The molecule has 6 nitrogen and oxygen atoms in total. The number of hydrogen-bond donors (Lipinski definition) is 3. The van der Waals surface area contributed by atoms with E-state index in [-0.39, 0.29) is 37.6 Å². The Hall–Kier alpha value is -1.92. The van der Waals surface area contributed by atoms with Crippen molar-refractivity contribution in [2.75, 3.05) is 6.61 Å². The first-order valence-electron chi connectivity index (χ1n) is 6.28. The third-order valence-electron chi connectivity index (χ3n) is 2.83. The fourth-order valence-corrected chi connectivity index (χ4v) is 1.83. The monoisotopic (exact) mass is 282 g/mol. The van der Waals surface area contributed by atoms with Crippen LogP contribution in [0.25, 0.3) is 0 Å². The summed E-state index contributed by atoms with van der Waals surface area (Å²) in [6.07, 6.45) is -1.31. The lowest BCUT2D eigenvalue weighted by Crippen LogP contribution is -2.14. The highest BCUT2D eigenvalue weighted by Crippen LogP contribution is 2.22. The molecule has 1 rings (SSSR count). The van der Waals surface area contributed by atoms with Gasteiger partial charge in [0.25, 0.3) is 0 Å². The van der Waals surface area contributed by atoms with E-state index in [0.29, 0.717) is 11.1 Å². The first kappa shape index (κ1) is 16.1. The number of carbonyl (C=O) groups is 2. The minimum absolute atomic E-state index is 0.103. The predicted octanol–water partition coefficient (Wildman–Crippen LogP) is 0.793. The second kappa shape index (κ2) is 7.62. The van der Waals surface area contributed by atoms with E-state index in [4.69, 9.17) is 14.9 Å². The van der Waals surface area contributed by atoms with Crippen molar-refractivity contribution in [3.8, 4) is 0 Å². The summed E-state index contributed by atoms with van der Waals surface area (Å²) in [5.41, 5.74) is 1.23. The van der Waals surface area contributed by atoms with Gasteiger partial charge in [0, 0.05) is 6.42 Å². The average Bonchev–Trinajstić information content (AvgIpc) is 2.44. The van der Waals surface area contributed by atoms with E-state index in [1.807, 2.05) is 0 Å². The largest absolute Gasteiger partial charge is 0.479 e. The van der Waals surface area contributed by atoms with Crippen LogP contribution >= 0.6 is 0 Å². The van der Waals surface area contributed by atoms with Crippen LogP contribution in [0.1, 0.15) is 36.1 Å². The van der Waals surface area contributed by atoms with Crippen LogP contribution in [-0.2, 0) is 27.4 Å². The molecule has 1 unspecified atom stereocenters. The zero-order valence-electron chi connectivity index (χ0n) is 11.2. The Bertz CT molecular complexity index is 483. The summed E-state index contributed by atoms with van der Waals surface area (Å²) in [5, 5.41) is 27.6. The highest BCUT2D eigenvalue weighted by Gasteiger charge is 2.20. The molecule has 0 radical (unpaired) electrons. The Morgan fingerprint density at radius 3 is 2.60 bits per heavy atom. The molecule has 3 N–H and O–H groups in total. The van der Waals surface area contributed by atoms with Gasteiger partial charge in [-0.1, -0.05) is 18.2 Å². The summed E-state index contributed by atoms with van der Waals surface area (Å²) >= 11 is 0. The van der Waals surface area contributed by atoms with Gasteiger partial charge in [0.1, 0.15) is 0 Å². The van der Waals surface area contributed by atoms with E-state index in [0.717, 1.165) is 0 Å². The van der Waals surface area contributed by atoms with Gasteiger partial charge in [0.2, 0.25) is 0 Å². The zero-order valence-corrected chi connectivity index (χ0v) is 11.2. The molecule has 0 amide bonds. The molecule has 0 aliphatic rings. The number of hydrogen-bond acceptors (Lipinski definition) is 5. The van der Waals surface area contributed by atoms with Gasteiger partial charge in [-0.25, -0.2) is 4.79 Å². The van der Waals surface area contributed by atoms with Gasteiger partial charge in [-0.2, -0.15) is 0 Å². The maximum atomic E-state index is 11.3. The van der Waals surface area contributed by atoms with Crippen molar-refractivity contribution in [2.45, 2.75) is 32.5 Å². The Morgan fingerprint density at radius 1 is 1.35 bits per heavy atom. The lowest BCUT2D eigenvalue weighted by atomic mass is 9.96. The number of aliphatic hydroxyl groups is 2. The van der Waals surface area contributed by atoms with Crippen molar-refractivity contribution in [3.05, 3.63) is 34.9 Å². The van der Waals surface area contributed by atoms with E-state index in [9.17, 15) is 14.7 Å². The molecule has 1 aromatic rings. The van der Waals surface area contributed by atoms with Crippen LogP contribution in [0.3, 0.4) is 0 Å². The van der Waals surface area contributed by atoms with Crippen LogP contribution in [0.5, 0.6) is 0 Å². The Labute approximate surface area is 116 Å². The lowest BCUT2D eigenvalue weighted by molar-refractivity contribution is -0.147. The van der Waals surface area contributed by atoms with Crippen LogP contribution in [-0.4, -0.2) is 33.9 Å². The molecule has 0 saturated heterocycles. The van der Waals surface area contributed by atoms with Crippen molar-refractivity contribution in [1.82, 2.24) is 0 Å². The number of ether oxygens (including phenoxy) is 1. The summed E-state index contributed by atoms with van der Waals surface area (Å²) in [5.74, 6) is -1.76. The maximum absolute atomic E-state index is 11.3. The number of benzene rings is 1. The Kier molecular flexibility index (Phi) is 6.14. The number of carboxylic acids is 1. The molecule has 0 spiro atoms. The number of carboxylic acid groups (broad SMARTS) is 1. The van der Waals surface area contributed by atoms with Gasteiger partial charge in [0.15, 0.2) is 6.10 Å². The summed E-state index contributed by atoms with van der Waals surface area (Å²) in [6.45, 7) is 1.73. The molecule has 20 heavy (non-hydrogen) atoms. The minimum atomic E-state index is -1.68. The van der Waals surface area contributed by atoms with Crippen molar-refractivity contribution < 1.29 is 29.6 Å². The number of esters is 1. The molecule has 0 saturated carbocycles. The number of carbonyl (C=O) groups excluding carboxylic acids is 1. The quantitative estimate of drug-likeness (QED) is 0.639. The molecule has 0 aromatic heterocycles. The molecule has 0 fully saturated rings. The van der Waals surface area contributed by atoms with Crippen molar-refractivity contribution in [3.63, 3.8) is 0 Å². The van der Waals surface area contributed by atoms with E-state index >= 15 is 0 Å². The SMILES string of the molecule is CCOC(=O)CCc1ccc(CO)cc1C(O)C(=O)O. The number of aryl methyl sites for hydroxylation is 1.